The molecule has 2 aliphatic heterocycles. The zero-order chi connectivity index (χ0) is 16.6. The third-order valence-corrected chi connectivity index (χ3v) is 7.56. The molecule has 3 rings (SSSR count). The molecule has 23 heavy (non-hydrogen) atoms. The van der Waals surface area contributed by atoms with Crippen LogP contribution >= 0.6 is 0 Å². The summed E-state index contributed by atoms with van der Waals surface area (Å²) in [5.41, 5.74) is 0. The average molecular weight is 321 g/mol. The van der Waals surface area contributed by atoms with Crippen molar-refractivity contribution in [1.82, 2.24) is 9.80 Å². The minimum atomic E-state index is 0.797. The van der Waals surface area contributed by atoms with Gasteiger partial charge in [-0.2, -0.15) is 0 Å². The molecule has 0 bridgehead atoms. The van der Waals surface area contributed by atoms with E-state index in [0.717, 1.165) is 41.5 Å². The van der Waals surface area contributed by atoms with E-state index in [1.165, 1.54) is 58.3 Å². The first-order valence-corrected chi connectivity index (χ1v) is 10.4. The average Bonchev–Trinajstić information content (AvgIpc) is 2.82. The van der Waals surface area contributed by atoms with E-state index >= 15 is 0 Å². The Labute approximate surface area is 145 Å². The molecular formula is C21H40N2. The van der Waals surface area contributed by atoms with Gasteiger partial charge in [0.2, 0.25) is 0 Å². The molecule has 3 aliphatic rings. The highest BCUT2D eigenvalue weighted by Crippen LogP contribution is 2.45. The minimum Gasteiger partial charge on any atom is -0.303 e. The highest BCUT2D eigenvalue weighted by molar-refractivity contribution is 4.93. The van der Waals surface area contributed by atoms with Crippen LogP contribution < -0.4 is 0 Å². The van der Waals surface area contributed by atoms with E-state index in [9.17, 15) is 0 Å². The summed E-state index contributed by atoms with van der Waals surface area (Å²) in [7, 11) is 2.33. The molecule has 3 fully saturated rings. The Balaban J connectivity index is 1.62. The lowest BCUT2D eigenvalue weighted by Gasteiger charge is -2.45. The van der Waals surface area contributed by atoms with Crippen molar-refractivity contribution < 1.29 is 0 Å². The molecule has 0 aromatic rings. The van der Waals surface area contributed by atoms with E-state index in [-0.39, 0.29) is 0 Å². The molecule has 2 saturated heterocycles. The fourth-order valence-electron chi connectivity index (χ4n) is 6.06. The molecule has 134 valence electrons. The first kappa shape index (κ1) is 17.7. The van der Waals surface area contributed by atoms with Gasteiger partial charge < -0.3 is 9.80 Å². The smallest absolute Gasteiger partial charge is 0.00672 e. The van der Waals surface area contributed by atoms with Gasteiger partial charge in [-0.1, -0.05) is 20.8 Å². The normalized spacial score (nSPS) is 47.1. The first-order valence-electron chi connectivity index (χ1n) is 10.4. The summed E-state index contributed by atoms with van der Waals surface area (Å²) in [6, 6.07) is 0.797. The van der Waals surface area contributed by atoms with Crippen molar-refractivity contribution in [1.29, 1.82) is 0 Å². The Morgan fingerprint density at radius 1 is 0.913 bits per heavy atom. The van der Waals surface area contributed by atoms with Crippen LogP contribution in [0.2, 0.25) is 0 Å². The Hall–Kier alpha value is -0.0800. The van der Waals surface area contributed by atoms with Crippen molar-refractivity contribution in [3.05, 3.63) is 0 Å². The molecule has 1 aliphatic carbocycles. The SMILES string of the molecule is C[C@H]1CC(CN2CCC[C@H](C)C2)[C@@H](C)C(C2C[C@H](C)N(C)C2)C1. The summed E-state index contributed by atoms with van der Waals surface area (Å²) >= 11 is 0. The topological polar surface area (TPSA) is 6.48 Å². The summed E-state index contributed by atoms with van der Waals surface area (Å²) in [5, 5.41) is 0. The molecular weight excluding hydrogens is 280 g/mol. The fraction of sp³-hybridized carbons (Fsp3) is 1.00. The summed E-state index contributed by atoms with van der Waals surface area (Å²) < 4.78 is 0. The van der Waals surface area contributed by atoms with Crippen molar-refractivity contribution in [3.63, 3.8) is 0 Å². The lowest BCUT2D eigenvalue weighted by molar-refractivity contribution is 0.0467. The molecule has 2 nitrogen and oxygen atoms in total. The number of piperidine rings is 1. The third kappa shape index (κ3) is 4.12. The van der Waals surface area contributed by atoms with Gasteiger partial charge in [0.1, 0.15) is 0 Å². The van der Waals surface area contributed by atoms with Crippen molar-refractivity contribution in [3.8, 4) is 0 Å². The second-order valence-electron chi connectivity index (χ2n) is 9.65. The van der Waals surface area contributed by atoms with Crippen molar-refractivity contribution in [2.75, 3.05) is 33.2 Å². The number of hydrogen-bond acceptors (Lipinski definition) is 2. The highest BCUT2D eigenvalue weighted by Gasteiger charge is 2.41. The van der Waals surface area contributed by atoms with Crippen LogP contribution in [0.4, 0.5) is 0 Å². The summed E-state index contributed by atoms with van der Waals surface area (Å²) in [6.07, 6.45) is 7.26. The van der Waals surface area contributed by atoms with Crippen LogP contribution in [-0.4, -0.2) is 49.1 Å². The van der Waals surface area contributed by atoms with Gasteiger partial charge >= 0.3 is 0 Å². The van der Waals surface area contributed by atoms with Gasteiger partial charge in [-0.25, -0.2) is 0 Å². The van der Waals surface area contributed by atoms with Crippen LogP contribution in [0, 0.1) is 35.5 Å². The Morgan fingerprint density at radius 2 is 1.70 bits per heavy atom. The van der Waals surface area contributed by atoms with Gasteiger partial charge in [0.15, 0.2) is 0 Å². The van der Waals surface area contributed by atoms with E-state index in [1.54, 1.807) is 0 Å². The van der Waals surface area contributed by atoms with Crippen molar-refractivity contribution in [2.24, 2.45) is 35.5 Å². The van der Waals surface area contributed by atoms with E-state index in [4.69, 9.17) is 0 Å². The van der Waals surface area contributed by atoms with Crippen LogP contribution in [0.1, 0.15) is 59.8 Å². The maximum absolute atomic E-state index is 2.80. The monoisotopic (exact) mass is 320 g/mol. The second kappa shape index (κ2) is 7.44. The summed E-state index contributed by atoms with van der Waals surface area (Å²) in [5.74, 6) is 5.64. The summed E-state index contributed by atoms with van der Waals surface area (Å²) in [4.78, 5) is 5.39. The van der Waals surface area contributed by atoms with E-state index in [1.807, 2.05) is 0 Å². The first-order chi connectivity index (χ1) is 10.9. The minimum absolute atomic E-state index is 0.797. The lowest BCUT2D eigenvalue weighted by Crippen LogP contribution is -2.44. The number of rotatable bonds is 3. The maximum Gasteiger partial charge on any atom is 0.00672 e. The predicted molar refractivity (Wildman–Crippen MR) is 99.6 cm³/mol. The van der Waals surface area contributed by atoms with E-state index in [0.29, 0.717) is 0 Å². The van der Waals surface area contributed by atoms with Crippen molar-refractivity contribution in [2.45, 2.75) is 65.8 Å². The molecule has 1 saturated carbocycles. The van der Waals surface area contributed by atoms with Crippen LogP contribution in [0.3, 0.4) is 0 Å². The number of hydrogen-bond donors (Lipinski definition) is 0. The van der Waals surface area contributed by atoms with Crippen molar-refractivity contribution >= 4 is 0 Å². The zero-order valence-electron chi connectivity index (χ0n) is 16.3. The van der Waals surface area contributed by atoms with Crippen LogP contribution in [0.25, 0.3) is 0 Å². The quantitative estimate of drug-likeness (QED) is 0.762. The van der Waals surface area contributed by atoms with Gasteiger partial charge in [-0.3, -0.25) is 0 Å². The van der Waals surface area contributed by atoms with Gasteiger partial charge in [0.25, 0.3) is 0 Å². The lowest BCUT2D eigenvalue weighted by atomic mass is 9.64. The Kier molecular flexibility index (Phi) is 5.73. The number of nitrogens with zero attached hydrogens (tertiary/aromatic N) is 2. The molecule has 0 aromatic carbocycles. The molecule has 2 heteroatoms. The molecule has 0 amide bonds. The van der Waals surface area contributed by atoms with Crippen LogP contribution in [0.15, 0.2) is 0 Å². The second-order valence-corrected chi connectivity index (χ2v) is 9.65. The van der Waals surface area contributed by atoms with Gasteiger partial charge in [-0.05, 0) is 88.1 Å². The predicted octanol–water partition coefficient (Wildman–Crippen LogP) is 4.36. The standard InChI is InChI=1S/C21H40N2/c1-15-7-6-8-23(12-15)14-19-9-16(2)10-21(18(19)4)20-11-17(3)22(5)13-20/h15-21H,6-14H2,1-5H3/t15-,16-,17-,18+,19?,20?,21?/m0/s1. The molecule has 0 N–H and O–H groups in total. The van der Waals surface area contributed by atoms with E-state index < -0.39 is 0 Å². The highest BCUT2D eigenvalue weighted by atomic mass is 15.2. The summed E-state index contributed by atoms with van der Waals surface area (Å²) in [6.45, 7) is 15.4. The molecule has 0 radical (unpaired) electrons. The fourth-order valence-corrected chi connectivity index (χ4v) is 6.06. The molecule has 2 heterocycles. The van der Waals surface area contributed by atoms with Crippen LogP contribution in [-0.2, 0) is 0 Å². The van der Waals surface area contributed by atoms with Gasteiger partial charge in [0, 0.05) is 25.7 Å². The molecule has 0 spiro atoms. The molecule has 0 aromatic heterocycles. The van der Waals surface area contributed by atoms with Gasteiger partial charge in [0.05, 0.1) is 0 Å². The maximum atomic E-state index is 2.80. The number of likely N-dealkylation sites (tertiary alicyclic amines) is 2. The molecule has 7 atom stereocenters. The Bertz CT molecular complexity index is 372. The van der Waals surface area contributed by atoms with Gasteiger partial charge in [-0.15, -0.1) is 0 Å². The zero-order valence-corrected chi connectivity index (χ0v) is 16.3. The van der Waals surface area contributed by atoms with Crippen LogP contribution in [0.5, 0.6) is 0 Å². The molecule has 3 unspecified atom stereocenters. The third-order valence-electron chi connectivity index (χ3n) is 7.56. The Morgan fingerprint density at radius 3 is 2.35 bits per heavy atom. The van der Waals surface area contributed by atoms with E-state index in [2.05, 4.69) is 44.5 Å². The largest absolute Gasteiger partial charge is 0.303 e.